The minimum Gasteiger partial charge on any atom is -0.508 e. The van der Waals surface area contributed by atoms with E-state index in [2.05, 4.69) is 57.2 Å². The molecule has 0 aliphatic carbocycles. The van der Waals surface area contributed by atoms with Crippen molar-refractivity contribution in [1.29, 1.82) is 0 Å². The Morgan fingerprint density at radius 3 is 1.52 bits per heavy atom. The van der Waals surface area contributed by atoms with E-state index in [0.29, 0.717) is 11.5 Å². The molecular formula is C28H26O4S. The molecule has 5 heteroatoms. The third-order valence-electron chi connectivity index (χ3n) is 5.87. The van der Waals surface area contributed by atoms with Gasteiger partial charge in [-0.05, 0) is 78.7 Å². The number of hydrogen-bond acceptors (Lipinski definition) is 4. The van der Waals surface area contributed by atoms with Crippen LogP contribution in [0.2, 0.25) is 0 Å². The molecule has 0 saturated heterocycles. The van der Waals surface area contributed by atoms with Crippen LogP contribution in [0.4, 0.5) is 0 Å². The monoisotopic (exact) mass is 458 g/mol. The first-order chi connectivity index (χ1) is 15.7. The molecule has 0 saturated carbocycles. The molecule has 0 atom stereocenters. The van der Waals surface area contributed by atoms with Crippen LogP contribution >= 0.6 is 0 Å². The van der Waals surface area contributed by atoms with Crippen LogP contribution in [0, 0.1) is 6.92 Å². The minimum absolute atomic E-state index is 0.0194. The topological polar surface area (TPSA) is 63.6 Å². The molecule has 0 aliphatic rings. The second kappa shape index (κ2) is 8.75. The van der Waals surface area contributed by atoms with Gasteiger partial charge < -0.3 is 9.84 Å². The second-order valence-corrected chi connectivity index (χ2v) is 10.5. The van der Waals surface area contributed by atoms with Gasteiger partial charge in [0, 0.05) is 5.41 Å². The lowest BCUT2D eigenvalue weighted by Crippen LogP contribution is -2.18. The van der Waals surface area contributed by atoms with Crippen LogP contribution in [0.25, 0.3) is 0 Å². The maximum Gasteiger partial charge on any atom is 0.206 e. The molecule has 0 amide bonds. The molecule has 0 fully saturated rings. The Kier molecular flexibility index (Phi) is 6.00. The maximum absolute atomic E-state index is 12.8. The fourth-order valence-electron chi connectivity index (χ4n) is 3.66. The number of ether oxygens (including phenoxy) is 1. The van der Waals surface area contributed by atoms with Gasteiger partial charge in [0.2, 0.25) is 9.84 Å². The predicted octanol–water partition coefficient (Wildman–Crippen LogP) is 6.65. The van der Waals surface area contributed by atoms with Gasteiger partial charge in [-0.3, -0.25) is 0 Å². The summed E-state index contributed by atoms with van der Waals surface area (Å²) in [5.74, 6) is 1.24. The van der Waals surface area contributed by atoms with Gasteiger partial charge in [-0.1, -0.05) is 55.8 Å². The van der Waals surface area contributed by atoms with Gasteiger partial charge in [0.05, 0.1) is 9.79 Å². The number of phenols is 1. The largest absolute Gasteiger partial charge is 0.508 e. The molecule has 0 radical (unpaired) electrons. The number of rotatable bonds is 6. The van der Waals surface area contributed by atoms with Gasteiger partial charge in [0.25, 0.3) is 0 Å². The van der Waals surface area contributed by atoms with Crippen molar-refractivity contribution in [3.05, 3.63) is 114 Å². The summed E-state index contributed by atoms with van der Waals surface area (Å²) in [5.41, 5.74) is 3.51. The van der Waals surface area contributed by atoms with Crippen LogP contribution in [-0.4, -0.2) is 13.5 Å². The van der Waals surface area contributed by atoms with E-state index in [9.17, 15) is 13.5 Å². The number of hydrogen-bond donors (Lipinski definition) is 1. The average molecular weight is 459 g/mol. The molecule has 0 aliphatic heterocycles. The summed E-state index contributed by atoms with van der Waals surface area (Å²) in [5, 5.41) is 9.39. The quantitative estimate of drug-likeness (QED) is 0.351. The molecule has 0 heterocycles. The Morgan fingerprint density at radius 2 is 1.03 bits per heavy atom. The molecule has 168 valence electrons. The van der Waals surface area contributed by atoms with Crippen molar-refractivity contribution < 1.29 is 18.3 Å². The summed E-state index contributed by atoms with van der Waals surface area (Å²) in [7, 11) is -3.66. The summed E-state index contributed by atoms with van der Waals surface area (Å²) in [4.78, 5) is 0.288. The minimum atomic E-state index is -3.66. The Labute approximate surface area is 195 Å². The molecule has 0 unspecified atom stereocenters. The summed E-state index contributed by atoms with van der Waals surface area (Å²) in [6, 6.07) is 28.3. The van der Waals surface area contributed by atoms with Crippen LogP contribution in [0.15, 0.2) is 107 Å². The first-order valence-electron chi connectivity index (χ1n) is 10.7. The number of benzene rings is 4. The molecule has 4 aromatic carbocycles. The third-order valence-corrected chi connectivity index (χ3v) is 7.65. The van der Waals surface area contributed by atoms with Crippen molar-refractivity contribution in [3.63, 3.8) is 0 Å². The number of aromatic hydroxyl groups is 1. The number of sulfone groups is 1. The first-order valence-corrected chi connectivity index (χ1v) is 12.1. The summed E-state index contributed by atoms with van der Waals surface area (Å²) in [6.07, 6.45) is 0. The predicted molar refractivity (Wildman–Crippen MR) is 130 cm³/mol. The van der Waals surface area contributed by atoms with Crippen LogP contribution in [0.1, 0.15) is 30.5 Å². The highest BCUT2D eigenvalue weighted by Gasteiger charge is 2.23. The Hall–Kier alpha value is -3.57. The van der Waals surface area contributed by atoms with Crippen LogP contribution in [0.5, 0.6) is 17.2 Å². The van der Waals surface area contributed by atoms with E-state index in [1.54, 1.807) is 12.1 Å². The third kappa shape index (κ3) is 4.78. The van der Waals surface area contributed by atoms with Gasteiger partial charge in [-0.25, -0.2) is 8.42 Å². The smallest absolute Gasteiger partial charge is 0.206 e. The van der Waals surface area contributed by atoms with Crippen molar-refractivity contribution in [2.24, 2.45) is 0 Å². The lowest BCUT2D eigenvalue weighted by atomic mass is 9.78. The zero-order valence-corrected chi connectivity index (χ0v) is 19.6. The van der Waals surface area contributed by atoms with E-state index < -0.39 is 9.84 Å². The Morgan fingerprint density at radius 1 is 0.636 bits per heavy atom. The SMILES string of the molecule is Cc1ccc(C(C)(C)c2ccc(Oc3ccc(S(=O)(=O)c4ccc(O)cc4)cc3)cc2)cc1. The van der Waals surface area contributed by atoms with Gasteiger partial charge in [0.1, 0.15) is 17.2 Å². The van der Waals surface area contributed by atoms with Crippen LogP contribution in [-0.2, 0) is 15.3 Å². The standard InChI is InChI=1S/C28H26O4S/c1-20-4-6-21(7-5-20)28(2,3)22-8-12-24(13-9-22)32-25-14-18-27(19-15-25)33(30,31)26-16-10-23(29)11-17-26/h4-19,29H,1-3H3. The Balaban J connectivity index is 1.49. The summed E-state index contributed by atoms with van der Waals surface area (Å²) >= 11 is 0. The zero-order valence-electron chi connectivity index (χ0n) is 18.8. The fraction of sp³-hybridized carbons (Fsp3) is 0.143. The van der Waals surface area contributed by atoms with Gasteiger partial charge in [-0.2, -0.15) is 0 Å². The molecule has 33 heavy (non-hydrogen) atoms. The van der Waals surface area contributed by atoms with E-state index in [-0.39, 0.29) is 21.0 Å². The van der Waals surface area contributed by atoms with E-state index in [4.69, 9.17) is 4.74 Å². The van der Waals surface area contributed by atoms with E-state index >= 15 is 0 Å². The van der Waals surface area contributed by atoms with E-state index in [1.165, 1.54) is 53.1 Å². The average Bonchev–Trinajstić information content (AvgIpc) is 2.80. The molecule has 4 rings (SSSR count). The summed E-state index contributed by atoms with van der Waals surface area (Å²) in [6.45, 7) is 6.47. The highest BCUT2D eigenvalue weighted by atomic mass is 32.2. The molecule has 1 N–H and O–H groups in total. The molecular weight excluding hydrogens is 432 g/mol. The van der Waals surface area contributed by atoms with Crippen molar-refractivity contribution in [1.82, 2.24) is 0 Å². The van der Waals surface area contributed by atoms with Crippen molar-refractivity contribution in [2.45, 2.75) is 36.0 Å². The highest BCUT2D eigenvalue weighted by molar-refractivity contribution is 7.91. The zero-order chi connectivity index (χ0) is 23.6. The van der Waals surface area contributed by atoms with E-state index in [0.717, 1.165) is 0 Å². The lowest BCUT2D eigenvalue weighted by molar-refractivity contribution is 0.475. The van der Waals surface area contributed by atoms with Gasteiger partial charge >= 0.3 is 0 Å². The molecule has 0 aromatic heterocycles. The molecule has 0 spiro atoms. The molecule has 0 bridgehead atoms. The van der Waals surface area contributed by atoms with Crippen LogP contribution in [0.3, 0.4) is 0 Å². The first kappa shape index (κ1) is 22.6. The van der Waals surface area contributed by atoms with Crippen molar-refractivity contribution in [3.8, 4) is 17.2 Å². The molecule has 4 nitrogen and oxygen atoms in total. The van der Waals surface area contributed by atoms with Crippen molar-refractivity contribution >= 4 is 9.84 Å². The summed E-state index contributed by atoms with van der Waals surface area (Å²) < 4.78 is 31.4. The highest BCUT2D eigenvalue weighted by Crippen LogP contribution is 2.33. The van der Waals surface area contributed by atoms with Crippen LogP contribution < -0.4 is 4.74 Å². The van der Waals surface area contributed by atoms with Crippen molar-refractivity contribution in [2.75, 3.05) is 0 Å². The Bertz CT molecular complexity index is 1340. The number of aryl methyl sites for hydroxylation is 1. The van der Waals surface area contributed by atoms with Gasteiger partial charge in [0.15, 0.2) is 0 Å². The maximum atomic E-state index is 12.8. The van der Waals surface area contributed by atoms with E-state index in [1.807, 2.05) is 12.1 Å². The second-order valence-electron chi connectivity index (χ2n) is 8.59. The molecule has 4 aromatic rings. The fourth-order valence-corrected chi connectivity index (χ4v) is 4.92. The lowest BCUT2D eigenvalue weighted by Gasteiger charge is -2.26. The number of phenolic OH excluding ortho intramolecular Hbond substituents is 1. The van der Waals surface area contributed by atoms with Gasteiger partial charge in [-0.15, -0.1) is 0 Å². The normalized spacial score (nSPS) is 11.8.